The zero-order chi connectivity index (χ0) is 11.1. The largest absolute Gasteiger partial charge is 0.330 e. The van der Waals surface area contributed by atoms with E-state index in [1.54, 1.807) is 0 Å². The molecule has 1 aromatic carbocycles. The molecule has 1 aromatic rings. The first kappa shape index (κ1) is 11.0. The van der Waals surface area contributed by atoms with Gasteiger partial charge in [-0.15, -0.1) is 0 Å². The van der Waals surface area contributed by atoms with Crippen LogP contribution in [0, 0.1) is 5.41 Å². The lowest BCUT2D eigenvalue weighted by atomic mass is 9.69. The molecule has 1 aliphatic rings. The predicted molar refractivity (Wildman–Crippen MR) is 65.3 cm³/mol. The van der Waals surface area contributed by atoms with Gasteiger partial charge >= 0.3 is 0 Å². The third-order valence-corrected chi connectivity index (χ3v) is 3.69. The van der Waals surface area contributed by atoms with Crippen LogP contribution in [0.1, 0.15) is 37.3 Å². The molecule has 2 heteroatoms. The second-order valence-corrected chi connectivity index (χ2v) is 5.69. The molecule has 0 amide bonds. The van der Waals surface area contributed by atoms with Gasteiger partial charge in [0.15, 0.2) is 0 Å². The van der Waals surface area contributed by atoms with Gasteiger partial charge in [0, 0.05) is 5.02 Å². The summed E-state index contributed by atoms with van der Waals surface area (Å²) in [6.07, 6.45) is 2.23. The third-order valence-electron chi connectivity index (χ3n) is 3.33. The molecule has 0 saturated heterocycles. The molecule has 0 aromatic heterocycles. The van der Waals surface area contributed by atoms with Crippen LogP contribution in [0.15, 0.2) is 18.2 Å². The Hall–Kier alpha value is -0.530. The Balaban J connectivity index is 2.49. The topological polar surface area (TPSA) is 26.0 Å². The van der Waals surface area contributed by atoms with Crippen LogP contribution in [0.4, 0.5) is 0 Å². The van der Waals surface area contributed by atoms with Gasteiger partial charge in [-0.25, -0.2) is 0 Å². The summed E-state index contributed by atoms with van der Waals surface area (Å²) in [5, 5.41) is 0.902. The molecular formula is C13H18ClN. The lowest BCUT2D eigenvalue weighted by Gasteiger charge is -2.37. The number of fused-ring (bicyclic) bond motifs is 1. The molecular weight excluding hydrogens is 206 g/mol. The Bertz CT molecular complexity index is 371. The van der Waals surface area contributed by atoms with Crippen LogP contribution >= 0.6 is 11.6 Å². The molecule has 1 nitrogen and oxygen atoms in total. The molecule has 15 heavy (non-hydrogen) atoms. The number of rotatable bonds is 1. The van der Waals surface area contributed by atoms with Crippen molar-refractivity contribution in [1.29, 1.82) is 0 Å². The zero-order valence-electron chi connectivity index (χ0n) is 9.39. The molecule has 0 saturated carbocycles. The van der Waals surface area contributed by atoms with E-state index in [4.69, 9.17) is 17.3 Å². The second kappa shape index (κ2) is 3.80. The highest BCUT2D eigenvalue weighted by Crippen LogP contribution is 2.43. The summed E-state index contributed by atoms with van der Waals surface area (Å²) in [6, 6.07) is 6.19. The quantitative estimate of drug-likeness (QED) is 0.777. The van der Waals surface area contributed by atoms with Crippen LogP contribution in [-0.4, -0.2) is 6.54 Å². The average molecular weight is 224 g/mol. The van der Waals surface area contributed by atoms with Crippen molar-refractivity contribution < 1.29 is 0 Å². The van der Waals surface area contributed by atoms with Crippen LogP contribution in [0.3, 0.4) is 0 Å². The van der Waals surface area contributed by atoms with Gasteiger partial charge in [0.05, 0.1) is 0 Å². The third kappa shape index (κ3) is 2.04. The highest BCUT2D eigenvalue weighted by Gasteiger charge is 2.32. The number of nitrogens with two attached hydrogens (primary N) is 1. The normalized spacial score (nSPS) is 23.6. The van der Waals surface area contributed by atoms with Crippen LogP contribution < -0.4 is 5.73 Å². The van der Waals surface area contributed by atoms with Crippen molar-refractivity contribution in [3.8, 4) is 0 Å². The second-order valence-electron chi connectivity index (χ2n) is 5.29. The number of hydrogen-bond acceptors (Lipinski definition) is 1. The summed E-state index contributed by atoms with van der Waals surface area (Å²) in [7, 11) is 0. The molecule has 2 N–H and O–H groups in total. The van der Waals surface area contributed by atoms with Gasteiger partial charge in [0.1, 0.15) is 0 Å². The first-order chi connectivity index (χ1) is 7.03. The van der Waals surface area contributed by atoms with Gasteiger partial charge in [-0.1, -0.05) is 37.6 Å². The predicted octanol–water partition coefficient (Wildman–Crippen LogP) is 3.35. The van der Waals surface area contributed by atoms with Crippen LogP contribution in [0.25, 0.3) is 0 Å². The van der Waals surface area contributed by atoms with Crippen LogP contribution in [-0.2, 0) is 6.42 Å². The van der Waals surface area contributed by atoms with E-state index in [1.807, 2.05) is 12.1 Å². The molecule has 0 bridgehead atoms. The van der Waals surface area contributed by atoms with Crippen LogP contribution in [0.2, 0.25) is 5.02 Å². The Labute approximate surface area is 96.6 Å². The SMILES string of the molecule is CC1(C)Cc2c(Cl)cccc2C(CN)C1. The standard InChI is InChI=1S/C13H18ClN/c1-13(2)6-9(8-15)10-4-3-5-12(14)11(10)7-13/h3-5,9H,6-8,15H2,1-2H3. The first-order valence-electron chi connectivity index (χ1n) is 5.51. The lowest BCUT2D eigenvalue weighted by molar-refractivity contribution is 0.283. The summed E-state index contributed by atoms with van der Waals surface area (Å²) in [6.45, 7) is 5.31. The number of halogens is 1. The van der Waals surface area contributed by atoms with Crippen molar-refractivity contribution in [2.45, 2.75) is 32.6 Å². The van der Waals surface area contributed by atoms with Crippen molar-refractivity contribution in [3.63, 3.8) is 0 Å². The van der Waals surface area contributed by atoms with E-state index in [1.165, 1.54) is 11.1 Å². The van der Waals surface area contributed by atoms with E-state index < -0.39 is 0 Å². The summed E-state index contributed by atoms with van der Waals surface area (Å²) < 4.78 is 0. The molecule has 0 aliphatic heterocycles. The van der Waals surface area contributed by atoms with E-state index in [0.717, 1.165) is 24.4 Å². The average Bonchev–Trinajstić information content (AvgIpc) is 2.17. The minimum absolute atomic E-state index is 0.321. The van der Waals surface area contributed by atoms with Crippen molar-refractivity contribution in [2.75, 3.05) is 6.54 Å². The Morgan fingerprint density at radius 1 is 1.47 bits per heavy atom. The van der Waals surface area contributed by atoms with Gasteiger partial charge in [-0.05, 0) is 47.9 Å². The number of benzene rings is 1. The maximum atomic E-state index is 6.25. The fourth-order valence-corrected chi connectivity index (χ4v) is 2.93. The van der Waals surface area contributed by atoms with Gasteiger partial charge in [-0.2, -0.15) is 0 Å². The van der Waals surface area contributed by atoms with Gasteiger partial charge in [-0.3, -0.25) is 0 Å². The summed E-state index contributed by atoms with van der Waals surface area (Å²) >= 11 is 6.25. The molecule has 0 radical (unpaired) electrons. The fraction of sp³-hybridized carbons (Fsp3) is 0.538. The van der Waals surface area contributed by atoms with Gasteiger partial charge < -0.3 is 5.73 Å². The first-order valence-corrected chi connectivity index (χ1v) is 5.89. The minimum Gasteiger partial charge on any atom is -0.330 e. The van der Waals surface area contributed by atoms with E-state index in [0.29, 0.717) is 11.3 Å². The highest BCUT2D eigenvalue weighted by atomic mass is 35.5. The van der Waals surface area contributed by atoms with E-state index in [2.05, 4.69) is 19.9 Å². The summed E-state index contributed by atoms with van der Waals surface area (Å²) in [4.78, 5) is 0. The molecule has 1 atom stereocenters. The van der Waals surface area contributed by atoms with Gasteiger partial charge in [0.2, 0.25) is 0 Å². The van der Waals surface area contributed by atoms with Gasteiger partial charge in [0.25, 0.3) is 0 Å². The highest BCUT2D eigenvalue weighted by molar-refractivity contribution is 6.31. The molecule has 0 spiro atoms. The van der Waals surface area contributed by atoms with Crippen molar-refractivity contribution in [1.82, 2.24) is 0 Å². The molecule has 82 valence electrons. The number of hydrogen-bond donors (Lipinski definition) is 1. The monoisotopic (exact) mass is 223 g/mol. The maximum Gasteiger partial charge on any atom is 0.0441 e. The molecule has 2 rings (SSSR count). The molecule has 1 aliphatic carbocycles. The minimum atomic E-state index is 0.321. The van der Waals surface area contributed by atoms with Crippen molar-refractivity contribution in [3.05, 3.63) is 34.3 Å². The summed E-state index contributed by atoms with van der Waals surface area (Å²) in [5.74, 6) is 0.474. The van der Waals surface area contributed by atoms with E-state index >= 15 is 0 Å². The summed E-state index contributed by atoms with van der Waals surface area (Å²) in [5.41, 5.74) is 8.84. The zero-order valence-corrected chi connectivity index (χ0v) is 10.1. The smallest absolute Gasteiger partial charge is 0.0441 e. The van der Waals surface area contributed by atoms with E-state index in [9.17, 15) is 0 Å². The lowest BCUT2D eigenvalue weighted by Crippen LogP contribution is -2.29. The Morgan fingerprint density at radius 3 is 2.87 bits per heavy atom. The van der Waals surface area contributed by atoms with Crippen molar-refractivity contribution >= 4 is 11.6 Å². The Morgan fingerprint density at radius 2 is 2.20 bits per heavy atom. The fourth-order valence-electron chi connectivity index (χ4n) is 2.68. The molecule has 1 unspecified atom stereocenters. The van der Waals surface area contributed by atoms with Crippen molar-refractivity contribution in [2.24, 2.45) is 11.1 Å². The molecule has 0 fully saturated rings. The Kier molecular flexibility index (Phi) is 2.78. The van der Waals surface area contributed by atoms with Crippen LogP contribution in [0.5, 0.6) is 0 Å². The maximum absolute atomic E-state index is 6.25. The molecule has 0 heterocycles. The van der Waals surface area contributed by atoms with E-state index in [-0.39, 0.29) is 0 Å².